The predicted octanol–water partition coefficient (Wildman–Crippen LogP) is 5.84. The Bertz CT molecular complexity index is 1140. The summed E-state index contributed by atoms with van der Waals surface area (Å²) < 4.78 is 7.63. The fourth-order valence-electron chi connectivity index (χ4n) is 4.08. The van der Waals surface area contributed by atoms with E-state index in [2.05, 4.69) is 46.3 Å². The number of halogens is 1. The molecule has 140 valence electrons. The van der Waals surface area contributed by atoms with Crippen molar-refractivity contribution in [2.75, 3.05) is 12.4 Å². The number of nitrogens with one attached hydrogen (secondary N) is 1. The predicted molar refractivity (Wildman–Crippen MR) is 113 cm³/mol. The van der Waals surface area contributed by atoms with E-state index in [0.717, 1.165) is 39.7 Å². The lowest BCUT2D eigenvalue weighted by atomic mass is 9.92. The first-order chi connectivity index (χ1) is 13.7. The minimum atomic E-state index is 0.0881. The Morgan fingerprint density at radius 2 is 1.75 bits per heavy atom. The molecular weight excluding hydrogens is 370 g/mol. The molecule has 0 aliphatic carbocycles. The molecule has 3 aromatic carbocycles. The van der Waals surface area contributed by atoms with Crippen LogP contribution < -0.4 is 10.1 Å². The van der Waals surface area contributed by atoms with Gasteiger partial charge in [-0.1, -0.05) is 54.1 Å². The molecule has 0 saturated carbocycles. The molecule has 4 aromatic rings. The van der Waals surface area contributed by atoms with Crippen LogP contribution in [0.3, 0.4) is 0 Å². The third-order valence-electron chi connectivity index (χ3n) is 5.45. The van der Waals surface area contributed by atoms with Gasteiger partial charge in [0, 0.05) is 5.02 Å². The van der Waals surface area contributed by atoms with E-state index < -0.39 is 0 Å². The fraction of sp³-hybridized carbons (Fsp3) is 0.174. The zero-order valence-corrected chi connectivity index (χ0v) is 16.2. The molecule has 4 nitrogen and oxygen atoms in total. The summed E-state index contributed by atoms with van der Waals surface area (Å²) in [5.41, 5.74) is 4.44. The van der Waals surface area contributed by atoms with Crippen molar-refractivity contribution >= 4 is 28.6 Å². The van der Waals surface area contributed by atoms with Crippen molar-refractivity contribution in [2.24, 2.45) is 0 Å². The summed E-state index contributed by atoms with van der Waals surface area (Å²) >= 11 is 6.51. The first-order valence-electron chi connectivity index (χ1n) is 9.36. The summed E-state index contributed by atoms with van der Waals surface area (Å²) in [7, 11) is 1.69. The van der Waals surface area contributed by atoms with Crippen LogP contribution in [0.4, 0.5) is 5.95 Å². The average molecular weight is 390 g/mol. The molecule has 5 rings (SSSR count). The Labute approximate surface area is 168 Å². The van der Waals surface area contributed by atoms with Gasteiger partial charge in [-0.05, 0) is 47.9 Å². The van der Waals surface area contributed by atoms with Crippen LogP contribution in [0, 0.1) is 0 Å². The van der Waals surface area contributed by atoms with Crippen molar-refractivity contribution < 1.29 is 4.74 Å². The van der Waals surface area contributed by atoms with E-state index in [1.54, 1.807) is 7.11 Å². The van der Waals surface area contributed by atoms with Gasteiger partial charge in [-0.25, -0.2) is 4.98 Å². The second kappa shape index (κ2) is 6.88. The molecule has 1 aromatic heterocycles. The third kappa shape index (κ3) is 2.81. The van der Waals surface area contributed by atoms with Gasteiger partial charge < -0.3 is 14.6 Å². The van der Waals surface area contributed by atoms with Crippen LogP contribution in [0.15, 0.2) is 72.8 Å². The Balaban J connectivity index is 1.66. The highest BCUT2D eigenvalue weighted by Gasteiger charge is 2.31. The smallest absolute Gasteiger partial charge is 0.204 e. The average Bonchev–Trinajstić information content (AvgIpc) is 3.12. The second-order valence-electron chi connectivity index (χ2n) is 7.04. The van der Waals surface area contributed by atoms with E-state index in [1.165, 1.54) is 5.56 Å². The van der Waals surface area contributed by atoms with Gasteiger partial charge >= 0.3 is 0 Å². The molecule has 2 heterocycles. The summed E-state index contributed by atoms with van der Waals surface area (Å²) in [5, 5.41) is 4.38. The Morgan fingerprint density at radius 3 is 2.54 bits per heavy atom. The summed E-state index contributed by atoms with van der Waals surface area (Å²) in [6.07, 6.45) is 0.878. The van der Waals surface area contributed by atoms with Gasteiger partial charge in [-0.3, -0.25) is 0 Å². The normalized spacial score (nSPS) is 18.5. The largest absolute Gasteiger partial charge is 0.497 e. The van der Waals surface area contributed by atoms with Crippen LogP contribution in [0.25, 0.3) is 11.0 Å². The Morgan fingerprint density at radius 1 is 1.00 bits per heavy atom. The molecule has 2 atom stereocenters. The number of aromatic nitrogens is 2. The van der Waals surface area contributed by atoms with Gasteiger partial charge in [0.25, 0.3) is 0 Å². The molecule has 1 N–H and O–H groups in total. The molecule has 0 fully saturated rings. The first kappa shape index (κ1) is 17.1. The number of fused-ring (bicyclic) bond motifs is 3. The highest BCUT2D eigenvalue weighted by Crippen LogP contribution is 2.42. The second-order valence-corrected chi connectivity index (χ2v) is 7.44. The van der Waals surface area contributed by atoms with Gasteiger partial charge in [-0.15, -0.1) is 0 Å². The van der Waals surface area contributed by atoms with Crippen LogP contribution in [0.2, 0.25) is 5.02 Å². The summed E-state index contributed by atoms with van der Waals surface area (Å²) in [4.78, 5) is 4.85. The SMILES string of the molecule is COc1ccc(C2CC(c3ccccc3Cl)Nc3nc4ccccc4n32)cc1. The van der Waals surface area contributed by atoms with E-state index >= 15 is 0 Å². The molecule has 28 heavy (non-hydrogen) atoms. The van der Waals surface area contributed by atoms with Crippen LogP contribution >= 0.6 is 11.6 Å². The van der Waals surface area contributed by atoms with E-state index in [9.17, 15) is 0 Å². The number of nitrogens with zero attached hydrogens (tertiary/aromatic N) is 2. The summed E-state index contributed by atoms with van der Waals surface area (Å²) in [6.45, 7) is 0. The number of hydrogen-bond donors (Lipinski definition) is 1. The number of benzene rings is 3. The number of ether oxygens (including phenoxy) is 1. The Hall–Kier alpha value is -2.98. The van der Waals surface area contributed by atoms with Gasteiger partial charge in [0.15, 0.2) is 0 Å². The monoisotopic (exact) mass is 389 g/mol. The number of methoxy groups -OCH3 is 1. The third-order valence-corrected chi connectivity index (χ3v) is 5.80. The van der Waals surface area contributed by atoms with Crippen LogP contribution in [-0.4, -0.2) is 16.7 Å². The molecular formula is C23H20ClN3O. The van der Waals surface area contributed by atoms with E-state index in [1.807, 2.05) is 36.4 Å². The van der Waals surface area contributed by atoms with E-state index in [0.29, 0.717) is 0 Å². The van der Waals surface area contributed by atoms with Crippen molar-refractivity contribution in [3.05, 3.63) is 88.9 Å². The molecule has 5 heteroatoms. The topological polar surface area (TPSA) is 39.1 Å². The highest BCUT2D eigenvalue weighted by molar-refractivity contribution is 6.31. The van der Waals surface area contributed by atoms with Crippen molar-refractivity contribution in [1.82, 2.24) is 9.55 Å². The minimum Gasteiger partial charge on any atom is -0.497 e. The molecule has 0 amide bonds. The van der Waals surface area contributed by atoms with E-state index in [-0.39, 0.29) is 12.1 Å². The molecule has 1 aliphatic rings. The van der Waals surface area contributed by atoms with Gasteiger partial charge in [0.1, 0.15) is 5.75 Å². The standard InChI is InChI=1S/C23H20ClN3O/c1-28-16-12-10-15(11-13-16)22-14-20(17-6-2-3-7-18(17)24)26-23-25-19-8-4-5-9-21(19)27(22)23/h2-13,20,22H,14H2,1H3,(H,25,26). The number of imidazole rings is 1. The summed E-state index contributed by atoms with van der Waals surface area (Å²) in [5.74, 6) is 1.73. The van der Waals surface area contributed by atoms with Crippen LogP contribution in [0.5, 0.6) is 5.75 Å². The quantitative estimate of drug-likeness (QED) is 0.478. The molecule has 0 radical (unpaired) electrons. The molecule has 0 bridgehead atoms. The zero-order valence-electron chi connectivity index (χ0n) is 15.5. The maximum atomic E-state index is 6.51. The van der Waals surface area contributed by atoms with Gasteiger partial charge in [0.2, 0.25) is 5.95 Å². The number of anilines is 1. The maximum Gasteiger partial charge on any atom is 0.204 e. The van der Waals surface area contributed by atoms with Crippen LogP contribution in [-0.2, 0) is 0 Å². The number of para-hydroxylation sites is 2. The number of hydrogen-bond acceptors (Lipinski definition) is 3. The lowest BCUT2D eigenvalue weighted by molar-refractivity contribution is 0.414. The van der Waals surface area contributed by atoms with Crippen molar-refractivity contribution in [3.63, 3.8) is 0 Å². The fourth-order valence-corrected chi connectivity index (χ4v) is 4.35. The van der Waals surface area contributed by atoms with Crippen molar-refractivity contribution in [2.45, 2.75) is 18.5 Å². The highest BCUT2D eigenvalue weighted by atomic mass is 35.5. The zero-order chi connectivity index (χ0) is 19.1. The van der Waals surface area contributed by atoms with Crippen molar-refractivity contribution in [3.8, 4) is 5.75 Å². The molecule has 0 spiro atoms. The van der Waals surface area contributed by atoms with Crippen LogP contribution in [0.1, 0.15) is 29.6 Å². The first-order valence-corrected chi connectivity index (χ1v) is 9.74. The van der Waals surface area contributed by atoms with Crippen molar-refractivity contribution in [1.29, 1.82) is 0 Å². The molecule has 0 saturated heterocycles. The lowest BCUT2D eigenvalue weighted by Crippen LogP contribution is -2.27. The van der Waals surface area contributed by atoms with Gasteiger partial charge in [-0.2, -0.15) is 0 Å². The number of rotatable bonds is 3. The van der Waals surface area contributed by atoms with E-state index in [4.69, 9.17) is 21.3 Å². The maximum absolute atomic E-state index is 6.51. The molecule has 2 unspecified atom stereocenters. The minimum absolute atomic E-state index is 0.0881. The molecule has 1 aliphatic heterocycles. The van der Waals surface area contributed by atoms with Gasteiger partial charge in [0.05, 0.1) is 30.2 Å². The Kier molecular flexibility index (Phi) is 4.21. The lowest BCUT2D eigenvalue weighted by Gasteiger charge is -2.34. The summed E-state index contributed by atoms with van der Waals surface area (Å²) in [6, 6.07) is 24.8.